The fourth-order valence-electron chi connectivity index (χ4n) is 3.89. The van der Waals surface area contributed by atoms with Crippen LogP contribution in [0.1, 0.15) is 17.8 Å². The first-order valence-electron chi connectivity index (χ1n) is 10.3. The van der Waals surface area contributed by atoms with Gasteiger partial charge < -0.3 is 11.1 Å². The highest BCUT2D eigenvalue weighted by atomic mass is 32.1. The standard InChI is InChI=1S/C23H26N4O2S/c24-21(28)15-27-10-8-16(9-11-27)14-25-22(29)13-23-26-19-7-6-18(12-20(19)30-23)17-4-2-1-3-5-17/h1-7,12,16H,8-11,13-15H2,(H2,24,28)(H,25,29). The van der Waals surface area contributed by atoms with E-state index in [9.17, 15) is 9.59 Å². The van der Waals surface area contributed by atoms with Crippen molar-refractivity contribution in [2.24, 2.45) is 11.7 Å². The molecule has 1 saturated heterocycles. The molecule has 0 spiro atoms. The molecule has 3 aromatic rings. The number of amides is 2. The van der Waals surface area contributed by atoms with E-state index in [4.69, 9.17) is 5.73 Å². The van der Waals surface area contributed by atoms with Crippen molar-refractivity contribution in [1.29, 1.82) is 0 Å². The quantitative estimate of drug-likeness (QED) is 0.613. The Kier molecular flexibility index (Phi) is 6.40. The lowest BCUT2D eigenvalue weighted by Gasteiger charge is -2.31. The van der Waals surface area contributed by atoms with Crippen molar-refractivity contribution in [3.8, 4) is 11.1 Å². The van der Waals surface area contributed by atoms with E-state index in [0.29, 0.717) is 25.4 Å². The van der Waals surface area contributed by atoms with Crippen LogP contribution < -0.4 is 11.1 Å². The molecule has 2 heterocycles. The van der Waals surface area contributed by atoms with Crippen molar-refractivity contribution >= 4 is 33.4 Å². The number of aromatic nitrogens is 1. The van der Waals surface area contributed by atoms with E-state index in [1.54, 1.807) is 11.3 Å². The molecule has 0 radical (unpaired) electrons. The Morgan fingerprint density at radius 1 is 1.10 bits per heavy atom. The van der Waals surface area contributed by atoms with Crippen molar-refractivity contribution in [3.63, 3.8) is 0 Å². The molecular weight excluding hydrogens is 396 g/mol. The van der Waals surface area contributed by atoms with Crippen molar-refractivity contribution in [2.45, 2.75) is 19.3 Å². The van der Waals surface area contributed by atoms with E-state index in [1.807, 2.05) is 24.3 Å². The average Bonchev–Trinajstić information content (AvgIpc) is 3.15. The molecule has 156 valence electrons. The fraction of sp³-hybridized carbons (Fsp3) is 0.348. The van der Waals surface area contributed by atoms with Crippen molar-refractivity contribution in [3.05, 3.63) is 53.5 Å². The summed E-state index contributed by atoms with van der Waals surface area (Å²) in [4.78, 5) is 30.1. The Morgan fingerprint density at radius 3 is 2.60 bits per heavy atom. The van der Waals surface area contributed by atoms with E-state index in [2.05, 4.69) is 39.5 Å². The minimum atomic E-state index is -0.284. The van der Waals surface area contributed by atoms with E-state index in [0.717, 1.165) is 46.7 Å². The van der Waals surface area contributed by atoms with E-state index >= 15 is 0 Å². The first-order valence-corrected chi connectivity index (χ1v) is 11.1. The lowest BCUT2D eigenvalue weighted by Crippen LogP contribution is -2.42. The van der Waals surface area contributed by atoms with Gasteiger partial charge in [0, 0.05) is 6.54 Å². The number of nitrogens with one attached hydrogen (secondary N) is 1. The molecule has 1 aliphatic heterocycles. The van der Waals surface area contributed by atoms with Crippen LogP contribution in [0.5, 0.6) is 0 Å². The summed E-state index contributed by atoms with van der Waals surface area (Å²) in [5, 5.41) is 3.89. The summed E-state index contributed by atoms with van der Waals surface area (Å²) in [5.41, 5.74) is 8.52. The van der Waals surface area contributed by atoms with Gasteiger partial charge >= 0.3 is 0 Å². The van der Waals surface area contributed by atoms with Gasteiger partial charge in [-0.15, -0.1) is 11.3 Å². The molecule has 3 N–H and O–H groups in total. The number of piperidine rings is 1. The highest BCUT2D eigenvalue weighted by Gasteiger charge is 2.20. The molecule has 1 aromatic heterocycles. The number of carbonyl (C=O) groups is 2. The predicted octanol–water partition coefficient (Wildman–Crippen LogP) is 2.82. The smallest absolute Gasteiger partial charge is 0.231 e. The van der Waals surface area contributed by atoms with Crippen LogP contribution in [0.4, 0.5) is 0 Å². The summed E-state index contributed by atoms with van der Waals surface area (Å²) in [6.45, 7) is 2.70. The summed E-state index contributed by atoms with van der Waals surface area (Å²) in [6, 6.07) is 16.5. The number of nitrogens with zero attached hydrogens (tertiary/aromatic N) is 2. The molecule has 0 unspecified atom stereocenters. The number of likely N-dealkylation sites (tertiary alicyclic amines) is 1. The number of benzene rings is 2. The Labute approximate surface area is 180 Å². The topological polar surface area (TPSA) is 88.3 Å². The van der Waals surface area contributed by atoms with Gasteiger partial charge in [-0.1, -0.05) is 36.4 Å². The van der Waals surface area contributed by atoms with Gasteiger partial charge in [-0.25, -0.2) is 4.98 Å². The van der Waals surface area contributed by atoms with Crippen LogP contribution in [-0.2, 0) is 16.0 Å². The predicted molar refractivity (Wildman–Crippen MR) is 120 cm³/mol. The zero-order valence-electron chi connectivity index (χ0n) is 16.8. The maximum atomic E-state index is 12.4. The highest BCUT2D eigenvalue weighted by Crippen LogP contribution is 2.28. The van der Waals surface area contributed by atoms with Crippen molar-refractivity contribution in [2.75, 3.05) is 26.2 Å². The number of hydrogen-bond acceptors (Lipinski definition) is 5. The minimum absolute atomic E-state index is 0.0110. The summed E-state index contributed by atoms with van der Waals surface area (Å²) in [6.07, 6.45) is 2.24. The molecule has 0 atom stereocenters. The second kappa shape index (κ2) is 9.36. The Bertz CT molecular complexity index is 1030. The maximum absolute atomic E-state index is 12.4. The van der Waals surface area contributed by atoms with E-state index in [-0.39, 0.29) is 11.8 Å². The van der Waals surface area contributed by atoms with Crippen LogP contribution in [0.2, 0.25) is 0 Å². The molecule has 2 amide bonds. The largest absolute Gasteiger partial charge is 0.369 e. The second-order valence-electron chi connectivity index (χ2n) is 7.82. The molecule has 0 aliphatic carbocycles. The first kappa shape index (κ1) is 20.5. The molecule has 30 heavy (non-hydrogen) atoms. The van der Waals surface area contributed by atoms with Crippen LogP contribution in [0.15, 0.2) is 48.5 Å². The molecule has 1 fully saturated rings. The van der Waals surface area contributed by atoms with Crippen LogP contribution in [0.3, 0.4) is 0 Å². The lowest BCUT2D eigenvalue weighted by molar-refractivity contribution is -0.120. The average molecular weight is 423 g/mol. The van der Waals surface area contributed by atoms with Gasteiger partial charge in [-0.3, -0.25) is 14.5 Å². The normalized spacial score (nSPS) is 15.3. The zero-order chi connectivity index (χ0) is 20.9. The van der Waals surface area contributed by atoms with Gasteiger partial charge in [-0.05, 0) is 55.1 Å². The number of hydrogen-bond donors (Lipinski definition) is 2. The third-order valence-electron chi connectivity index (χ3n) is 5.53. The Morgan fingerprint density at radius 2 is 1.87 bits per heavy atom. The highest BCUT2D eigenvalue weighted by molar-refractivity contribution is 7.18. The molecule has 6 nitrogen and oxygen atoms in total. The summed E-state index contributed by atoms with van der Waals surface area (Å²) < 4.78 is 1.10. The first-order chi connectivity index (χ1) is 14.6. The number of thiazole rings is 1. The maximum Gasteiger partial charge on any atom is 0.231 e. The summed E-state index contributed by atoms with van der Waals surface area (Å²) in [5.74, 6) is 0.173. The second-order valence-corrected chi connectivity index (χ2v) is 8.94. The monoisotopic (exact) mass is 422 g/mol. The third kappa shape index (κ3) is 5.23. The van der Waals surface area contributed by atoms with Gasteiger partial charge in [0.2, 0.25) is 11.8 Å². The van der Waals surface area contributed by atoms with Crippen LogP contribution in [-0.4, -0.2) is 47.9 Å². The van der Waals surface area contributed by atoms with Gasteiger partial charge in [0.15, 0.2) is 0 Å². The molecule has 2 aromatic carbocycles. The molecule has 0 saturated carbocycles. The number of rotatable bonds is 7. The number of nitrogens with two attached hydrogens (primary N) is 1. The molecular formula is C23H26N4O2S. The van der Waals surface area contributed by atoms with Crippen LogP contribution >= 0.6 is 11.3 Å². The molecule has 0 bridgehead atoms. The summed E-state index contributed by atoms with van der Waals surface area (Å²) in [7, 11) is 0. The fourth-order valence-corrected chi connectivity index (χ4v) is 4.89. The third-order valence-corrected chi connectivity index (χ3v) is 6.54. The van der Waals surface area contributed by atoms with Gasteiger partial charge in [-0.2, -0.15) is 0 Å². The number of carbonyl (C=O) groups excluding carboxylic acids is 2. The van der Waals surface area contributed by atoms with Crippen LogP contribution in [0, 0.1) is 5.92 Å². The molecule has 1 aliphatic rings. The Hall–Kier alpha value is -2.77. The molecule has 4 rings (SSSR count). The minimum Gasteiger partial charge on any atom is -0.369 e. The zero-order valence-corrected chi connectivity index (χ0v) is 17.7. The van der Waals surface area contributed by atoms with Gasteiger partial charge in [0.25, 0.3) is 0 Å². The van der Waals surface area contributed by atoms with E-state index < -0.39 is 0 Å². The molecule has 7 heteroatoms. The van der Waals surface area contributed by atoms with Gasteiger partial charge in [0.05, 0.1) is 23.2 Å². The number of primary amides is 1. The number of fused-ring (bicyclic) bond motifs is 1. The SMILES string of the molecule is NC(=O)CN1CCC(CNC(=O)Cc2nc3ccc(-c4ccccc4)cc3s2)CC1. The van der Waals surface area contributed by atoms with Crippen molar-refractivity contribution in [1.82, 2.24) is 15.2 Å². The lowest BCUT2D eigenvalue weighted by atomic mass is 9.97. The van der Waals surface area contributed by atoms with E-state index in [1.165, 1.54) is 5.56 Å². The Balaban J connectivity index is 1.30. The van der Waals surface area contributed by atoms with Crippen molar-refractivity contribution < 1.29 is 9.59 Å². The van der Waals surface area contributed by atoms with Crippen LogP contribution in [0.25, 0.3) is 21.3 Å². The van der Waals surface area contributed by atoms with Gasteiger partial charge in [0.1, 0.15) is 5.01 Å². The summed E-state index contributed by atoms with van der Waals surface area (Å²) >= 11 is 1.58.